The highest BCUT2D eigenvalue weighted by atomic mass is 35.5. The number of nitrogens with zero attached hydrogens (tertiary/aromatic N) is 2. The van der Waals surface area contributed by atoms with E-state index in [9.17, 15) is 4.79 Å². The molecule has 0 aromatic heterocycles. The van der Waals surface area contributed by atoms with Crippen LogP contribution < -0.4 is 0 Å². The lowest BCUT2D eigenvalue weighted by Gasteiger charge is -2.15. The fourth-order valence-electron chi connectivity index (χ4n) is 1.31. The second-order valence-corrected chi connectivity index (χ2v) is 3.41. The molecule has 3 nitrogen and oxygen atoms in total. The number of hydrogen-bond donors (Lipinski definition) is 0. The number of benzene rings is 1. The first-order chi connectivity index (χ1) is 6.74. The number of isocyanates is 1. The molecule has 0 spiro atoms. The minimum Gasteiger partial charge on any atom is -0.307 e. The third-order valence-electron chi connectivity index (χ3n) is 1.93. The average molecular weight is 227 g/mol. The molecular formula is C11H15ClN2O. The van der Waals surface area contributed by atoms with Crippen molar-refractivity contribution in [3.05, 3.63) is 35.9 Å². The third kappa shape index (κ3) is 4.75. The fraction of sp³-hybridized carbons (Fsp3) is 0.364. The zero-order chi connectivity index (χ0) is 10.4. The largest absolute Gasteiger partial charge is 0.307 e. The lowest BCUT2D eigenvalue weighted by molar-refractivity contribution is 0.377. The van der Waals surface area contributed by atoms with Crippen molar-refractivity contribution in [2.45, 2.75) is 6.04 Å². The maximum atomic E-state index is 10.3. The van der Waals surface area contributed by atoms with Gasteiger partial charge in [-0.1, -0.05) is 30.3 Å². The summed E-state index contributed by atoms with van der Waals surface area (Å²) in [7, 11) is 3.91. The van der Waals surface area contributed by atoms with Crippen molar-refractivity contribution >= 4 is 18.5 Å². The Morgan fingerprint density at radius 2 is 1.93 bits per heavy atom. The van der Waals surface area contributed by atoms with Crippen LogP contribution in [-0.2, 0) is 4.79 Å². The van der Waals surface area contributed by atoms with Gasteiger partial charge < -0.3 is 4.90 Å². The lowest BCUT2D eigenvalue weighted by Crippen LogP contribution is -2.19. The van der Waals surface area contributed by atoms with Crippen LogP contribution in [0.3, 0.4) is 0 Å². The Morgan fingerprint density at radius 3 is 2.40 bits per heavy atom. The van der Waals surface area contributed by atoms with Crippen LogP contribution in [0.1, 0.15) is 11.6 Å². The van der Waals surface area contributed by atoms with Gasteiger partial charge >= 0.3 is 0 Å². The van der Waals surface area contributed by atoms with Crippen molar-refractivity contribution in [3.8, 4) is 0 Å². The van der Waals surface area contributed by atoms with Crippen molar-refractivity contribution in [2.75, 3.05) is 20.6 Å². The van der Waals surface area contributed by atoms with Crippen LogP contribution in [0, 0.1) is 0 Å². The zero-order valence-electron chi connectivity index (χ0n) is 8.88. The Kier molecular flexibility index (Phi) is 6.63. The maximum absolute atomic E-state index is 10.3. The van der Waals surface area contributed by atoms with E-state index in [-0.39, 0.29) is 18.4 Å². The SMILES string of the molecule is CN(C)CC(N=C=O)c1ccccc1.Cl. The molecule has 1 aromatic carbocycles. The fourth-order valence-corrected chi connectivity index (χ4v) is 1.31. The van der Waals surface area contributed by atoms with Gasteiger partial charge in [0.15, 0.2) is 0 Å². The molecule has 0 saturated carbocycles. The Morgan fingerprint density at radius 1 is 1.33 bits per heavy atom. The molecule has 0 heterocycles. The third-order valence-corrected chi connectivity index (χ3v) is 1.93. The number of rotatable bonds is 4. The van der Waals surface area contributed by atoms with Crippen molar-refractivity contribution in [2.24, 2.45) is 4.99 Å². The molecule has 0 radical (unpaired) electrons. The normalized spacial score (nSPS) is 11.4. The first-order valence-electron chi connectivity index (χ1n) is 4.50. The summed E-state index contributed by atoms with van der Waals surface area (Å²) in [5.41, 5.74) is 1.05. The van der Waals surface area contributed by atoms with E-state index in [1.165, 1.54) is 0 Å². The van der Waals surface area contributed by atoms with Crippen LogP contribution >= 0.6 is 12.4 Å². The Hall–Kier alpha value is -1.15. The first kappa shape index (κ1) is 13.8. The maximum Gasteiger partial charge on any atom is 0.235 e. The molecule has 0 N–H and O–H groups in total. The number of carbonyl (C=O) groups excluding carboxylic acids is 1. The molecule has 0 bridgehead atoms. The van der Waals surface area contributed by atoms with Crippen molar-refractivity contribution < 1.29 is 4.79 Å². The summed E-state index contributed by atoms with van der Waals surface area (Å²) < 4.78 is 0. The van der Waals surface area contributed by atoms with E-state index in [0.29, 0.717) is 0 Å². The Balaban J connectivity index is 0.00000196. The molecule has 82 valence electrons. The molecule has 0 aliphatic rings. The second kappa shape index (κ2) is 7.18. The summed E-state index contributed by atoms with van der Waals surface area (Å²) in [6.45, 7) is 0.721. The van der Waals surface area contributed by atoms with Crippen molar-refractivity contribution in [1.29, 1.82) is 0 Å². The van der Waals surface area contributed by atoms with E-state index < -0.39 is 0 Å². The van der Waals surface area contributed by atoms with E-state index in [2.05, 4.69) is 4.99 Å². The van der Waals surface area contributed by atoms with Gasteiger partial charge in [0.25, 0.3) is 0 Å². The molecular weight excluding hydrogens is 212 g/mol. The Labute approximate surface area is 96.2 Å². The molecule has 1 rings (SSSR count). The number of hydrogen-bond acceptors (Lipinski definition) is 3. The smallest absolute Gasteiger partial charge is 0.235 e. The predicted molar refractivity (Wildman–Crippen MR) is 63.1 cm³/mol. The number of halogens is 1. The van der Waals surface area contributed by atoms with Crippen molar-refractivity contribution in [3.63, 3.8) is 0 Å². The highest BCUT2D eigenvalue weighted by Gasteiger charge is 2.09. The summed E-state index contributed by atoms with van der Waals surface area (Å²) >= 11 is 0. The van der Waals surface area contributed by atoms with E-state index >= 15 is 0 Å². The van der Waals surface area contributed by atoms with Crippen LogP contribution in [0.15, 0.2) is 35.3 Å². The summed E-state index contributed by atoms with van der Waals surface area (Å²) in [6, 6.07) is 9.66. The summed E-state index contributed by atoms with van der Waals surface area (Å²) in [4.78, 5) is 16.0. The van der Waals surface area contributed by atoms with Gasteiger partial charge in [0.2, 0.25) is 6.08 Å². The molecule has 0 fully saturated rings. The van der Waals surface area contributed by atoms with Crippen LogP contribution in [-0.4, -0.2) is 31.6 Å². The van der Waals surface area contributed by atoms with Crippen molar-refractivity contribution in [1.82, 2.24) is 4.90 Å². The summed E-state index contributed by atoms with van der Waals surface area (Å²) in [6.07, 6.45) is 1.62. The van der Waals surface area contributed by atoms with Gasteiger partial charge in [0, 0.05) is 6.54 Å². The second-order valence-electron chi connectivity index (χ2n) is 3.41. The molecule has 1 atom stereocenters. The topological polar surface area (TPSA) is 32.7 Å². The summed E-state index contributed by atoms with van der Waals surface area (Å²) in [5, 5.41) is 0. The van der Waals surface area contributed by atoms with Crippen LogP contribution in [0.4, 0.5) is 0 Å². The Bertz CT molecular complexity index is 321. The molecule has 15 heavy (non-hydrogen) atoms. The zero-order valence-corrected chi connectivity index (χ0v) is 9.70. The molecule has 0 aliphatic heterocycles. The van der Waals surface area contributed by atoms with E-state index in [4.69, 9.17) is 0 Å². The van der Waals surface area contributed by atoms with E-state index in [1.54, 1.807) is 6.08 Å². The van der Waals surface area contributed by atoms with Gasteiger partial charge in [-0.05, 0) is 19.7 Å². The van der Waals surface area contributed by atoms with Gasteiger partial charge in [0.05, 0.1) is 0 Å². The van der Waals surface area contributed by atoms with Gasteiger partial charge in [-0.3, -0.25) is 0 Å². The van der Waals surface area contributed by atoms with Gasteiger partial charge in [0.1, 0.15) is 6.04 Å². The standard InChI is InChI=1S/C11H14N2O.ClH/c1-13(2)8-11(12-9-14)10-6-4-3-5-7-10;/h3-7,11H,8H2,1-2H3;1H. The van der Waals surface area contributed by atoms with E-state index in [1.807, 2.05) is 49.3 Å². The van der Waals surface area contributed by atoms with E-state index in [0.717, 1.165) is 12.1 Å². The molecule has 1 unspecified atom stereocenters. The number of aliphatic imine (C=N–C) groups is 1. The van der Waals surface area contributed by atoms with Gasteiger partial charge in [-0.25, -0.2) is 4.79 Å². The lowest BCUT2D eigenvalue weighted by atomic mass is 10.1. The predicted octanol–water partition coefficient (Wildman–Crippen LogP) is 2.05. The minimum absolute atomic E-state index is 0. The van der Waals surface area contributed by atoms with Crippen LogP contribution in [0.5, 0.6) is 0 Å². The molecule has 0 saturated heterocycles. The quantitative estimate of drug-likeness (QED) is 0.582. The first-order valence-corrected chi connectivity index (χ1v) is 4.50. The summed E-state index contributed by atoms with van der Waals surface area (Å²) in [5.74, 6) is 0. The molecule has 1 aromatic rings. The van der Waals surface area contributed by atoms with Crippen LogP contribution in [0.25, 0.3) is 0 Å². The average Bonchev–Trinajstić information content (AvgIpc) is 2.18. The van der Waals surface area contributed by atoms with Gasteiger partial charge in [-0.15, -0.1) is 12.4 Å². The highest BCUT2D eigenvalue weighted by molar-refractivity contribution is 5.85. The molecule has 0 aliphatic carbocycles. The number of likely N-dealkylation sites (N-methyl/N-ethyl adjacent to an activating group) is 1. The van der Waals surface area contributed by atoms with Crippen LogP contribution in [0.2, 0.25) is 0 Å². The highest BCUT2D eigenvalue weighted by Crippen LogP contribution is 2.16. The monoisotopic (exact) mass is 226 g/mol. The molecule has 0 amide bonds. The van der Waals surface area contributed by atoms with Gasteiger partial charge in [-0.2, -0.15) is 4.99 Å². The minimum atomic E-state index is -0.108. The molecule has 4 heteroatoms.